The number of rotatable bonds is 3. The molecule has 3 aliphatic rings. The van der Waals surface area contributed by atoms with E-state index in [0.717, 1.165) is 60.9 Å². The first-order valence-electron chi connectivity index (χ1n) is 9.40. The number of hydrogen-bond acceptors (Lipinski definition) is 5. The van der Waals surface area contributed by atoms with Gasteiger partial charge in [-0.2, -0.15) is 5.10 Å². The van der Waals surface area contributed by atoms with Crippen LogP contribution >= 0.6 is 0 Å². The van der Waals surface area contributed by atoms with Crippen LogP contribution in [0.15, 0.2) is 36.9 Å². The van der Waals surface area contributed by atoms with Crippen molar-refractivity contribution < 1.29 is 4.79 Å². The normalized spacial score (nSPS) is 24.3. The van der Waals surface area contributed by atoms with Gasteiger partial charge in [0, 0.05) is 36.0 Å². The van der Waals surface area contributed by atoms with Crippen LogP contribution in [0.2, 0.25) is 0 Å². The molecule has 3 aromatic heterocycles. The Kier molecular flexibility index (Phi) is 3.72. The first-order valence-corrected chi connectivity index (χ1v) is 9.40. The Bertz CT molecular complexity index is 1000. The predicted octanol–water partition coefficient (Wildman–Crippen LogP) is 2.45. The summed E-state index contributed by atoms with van der Waals surface area (Å²) in [6.45, 7) is 3.07. The number of nitrogens with zero attached hydrogens (tertiary/aromatic N) is 5. The van der Waals surface area contributed by atoms with E-state index in [0.29, 0.717) is 5.82 Å². The van der Waals surface area contributed by atoms with Gasteiger partial charge in [0.1, 0.15) is 5.82 Å². The van der Waals surface area contributed by atoms with E-state index >= 15 is 0 Å². The Labute approximate surface area is 157 Å². The van der Waals surface area contributed by atoms with Crippen LogP contribution in [-0.2, 0) is 11.8 Å². The Balaban J connectivity index is 1.42. The maximum Gasteiger partial charge on any atom is 0.231 e. The zero-order valence-corrected chi connectivity index (χ0v) is 15.4. The summed E-state index contributed by atoms with van der Waals surface area (Å²) >= 11 is 0. The fourth-order valence-electron chi connectivity index (χ4n) is 4.24. The van der Waals surface area contributed by atoms with E-state index in [1.165, 1.54) is 0 Å². The number of amides is 1. The lowest BCUT2D eigenvalue weighted by Crippen LogP contribution is -2.53. The minimum atomic E-state index is -0.221. The molecular weight excluding hydrogens is 340 g/mol. The molecule has 0 spiro atoms. The molecule has 3 saturated heterocycles. The van der Waals surface area contributed by atoms with Crippen LogP contribution in [0.4, 0.5) is 5.82 Å². The molecule has 1 N–H and O–H groups in total. The number of piperidine rings is 3. The van der Waals surface area contributed by atoms with Gasteiger partial charge in [0.2, 0.25) is 5.91 Å². The number of aromatic nitrogens is 4. The monoisotopic (exact) mass is 362 g/mol. The molecule has 138 valence electrons. The summed E-state index contributed by atoms with van der Waals surface area (Å²) < 4.78 is 1.77. The zero-order valence-electron chi connectivity index (χ0n) is 15.4. The van der Waals surface area contributed by atoms with Crippen molar-refractivity contribution in [3.8, 4) is 11.1 Å². The van der Waals surface area contributed by atoms with Gasteiger partial charge in [0.25, 0.3) is 0 Å². The molecule has 7 heteroatoms. The Hall–Kier alpha value is -2.80. The van der Waals surface area contributed by atoms with Gasteiger partial charge in [-0.05, 0) is 51.0 Å². The SMILES string of the molecule is Cn1cc(-c2cnc3cnc(NC(=O)C45CCN(CC4)CC5)cc3c2)cn1. The number of pyridine rings is 2. The predicted molar refractivity (Wildman–Crippen MR) is 103 cm³/mol. The fraction of sp³-hybridized carbons (Fsp3) is 0.400. The second kappa shape index (κ2) is 6.13. The summed E-state index contributed by atoms with van der Waals surface area (Å²) in [6, 6.07) is 3.97. The molecule has 0 atom stereocenters. The number of aryl methyl sites for hydroxylation is 1. The maximum atomic E-state index is 13.0. The third-order valence-electron chi connectivity index (χ3n) is 6.05. The van der Waals surface area contributed by atoms with Crippen LogP contribution in [-0.4, -0.2) is 50.2 Å². The molecule has 0 saturated carbocycles. The minimum Gasteiger partial charge on any atom is -0.310 e. The van der Waals surface area contributed by atoms with Crippen molar-refractivity contribution in [3.63, 3.8) is 0 Å². The lowest BCUT2D eigenvalue weighted by Gasteiger charge is -2.47. The molecule has 6 heterocycles. The summed E-state index contributed by atoms with van der Waals surface area (Å²) in [5, 5.41) is 8.25. The number of fused-ring (bicyclic) bond motifs is 4. The second-order valence-corrected chi connectivity index (χ2v) is 7.72. The van der Waals surface area contributed by atoms with Gasteiger partial charge in [-0.15, -0.1) is 0 Å². The van der Waals surface area contributed by atoms with E-state index < -0.39 is 0 Å². The van der Waals surface area contributed by atoms with Crippen LogP contribution in [0.1, 0.15) is 19.3 Å². The molecule has 0 unspecified atom stereocenters. The molecule has 27 heavy (non-hydrogen) atoms. The minimum absolute atomic E-state index is 0.116. The van der Waals surface area contributed by atoms with Crippen molar-refractivity contribution >= 4 is 22.6 Å². The van der Waals surface area contributed by atoms with Crippen LogP contribution < -0.4 is 5.32 Å². The van der Waals surface area contributed by atoms with Crippen LogP contribution in [0.25, 0.3) is 22.0 Å². The van der Waals surface area contributed by atoms with Crippen LogP contribution in [0.3, 0.4) is 0 Å². The molecule has 7 nitrogen and oxygen atoms in total. The largest absolute Gasteiger partial charge is 0.310 e. The number of hydrogen-bond donors (Lipinski definition) is 1. The van der Waals surface area contributed by atoms with E-state index in [1.807, 2.05) is 31.7 Å². The van der Waals surface area contributed by atoms with Crippen molar-refractivity contribution in [2.45, 2.75) is 19.3 Å². The molecular formula is C20H22N6O. The number of carbonyl (C=O) groups excluding carboxylic acids is 1. The molecule has 0 aliphatic carbocycles. The topological polar surface area (TPSA) is 75.9 Å². The molecule has 2 bridgehead atoms. The molecule has 6 rings (SSSR count). The summed E-state index contributed by atoms with van der Waals surface area (Å²) in [5.41, 5.74) is 2.60. The average molecular weight is 362 g/mol. The highest BCUT2D eigenvalue weighted by Gasteiger charge is 2.45. The highest BCUT2D eigenvalue weighted by molar-refractivity contribution is 5.96. The maximum absolute atomic E-state index is 13.0. The summed E-state index contributed by atoms with van der Waals surface area (Å²) in [6.07, 6.45) is 10.2. The van der Waals surface area contributed by atoms with Gasteiger partial charge < -0.3 is 10.2 Å². The lowest BCUT2D eigenvalue weighted by molar-refractivity contribution is -0.132. The second-order valence-electron chi connectivity index (χ2n) is 7.72. The summed E-state index contributed by atoms with van der Waals surface area (Å²) in [7, 11) is 1.89. The highest BCUT2D eigenvalue weighted by Crippen LogP contribution is 2.40. The van der Waals surface area contributed by atoms with E-state index in [-0.39, 0.29) is 11.3 Å². The Morgan fingerprint density at radius 2 is 1.81 bits per heavy atom. The van der Waals surface area contributed by atoms with E-state index in [4.69, 9.17) is 0 Å². The zero-order chi connectivity index (χ0) is 18.4. The van der Waals surface area contributed by atoms with Crippen LogP contribution in [0.5, 0.6) is 0 Å². The van der Waals surface area contributed by atoms with Crippen molar-refractivity contribution in [3.05, 3.63) is 36.9 Å². The van der Waals surface area contributed by atoms with Gasteiger partial charge in [-0.25, -0.2) is 4.98 Å². The Morgan fingerprint density at radius 1 is 1.04 bits per heavy atom. The molecule has 0 radical (unpaired) electrons. The van der Waals surface area contributed by atoms with Gasteiger partial charge in [-0.1, -0.05) is 0 Å². The number of carbonyl (C=O) groups is 1. The molecule has 3 fully saturated rings. The van der Waals surface area contributed by atoms with Gasteiger partial charge >= 0.3 is 0 Å². The number of nitrogens with one attached hydrogen (secondary N) is 1. The van der Waals surface area contributed by atoms with Crippen molar-refractivity contribution in [1.29, 1.82) is 0 Å². The molecule has 3 aliphatic heterocycles. The molecule has 1 amide bonds. The standard InChI is InChI=1S/C20H22N6O/c1-25-13-16(11-23-25)15-8-14-9-18(22-12-17(14)21-10-15)24-19(27)20-2-5-26(6-3-20)7-4-20/h8-13H,2-7H2,1H3,(H,22,24,27). The third-order valence-corrected chi connectivity index (χ3v) is 6.05. The first-order chi connectivity index (χ1) is 13.1. The van der Waals surface area contributed by atoms with Gasteiger partial charge in [-0.3, -0.25) is 14.5 Å². The summed E-state index contributed by atoms with van der Waals surface area (Å²) in [4.78, 5) is 24.3. The fourth-order valence-corrected chi connectivity index (χ4v) is 4.24. The van der Waals surface area contributed by atoms with Gasteiger partial charge in [0.15, 0.2) is 0 Å². The van der Waals surface area contributed by atoms with Crippen molar-refractivity contribution in [1.82, 2.24) is 24.6 Å². The molecule has 0 aromatic carbocycles. The van der Waals surface area contributed by atoms with E-state index in [9.17, 15) is 4.79 Å². The van der Waals surface area contributed by atoms with E-state index in [2.05, 4.69) is 31.3 Å². The molecule has 3 aromatic rings. The third kappa shape index (κ3) is 2.88. The first kappa shape index (κ1) is 16.4. The summed E-state index contributed by atoms with van der Waals surface area (Å²) in [5.74, 6) is 0.713. The lowest BCUT2D eigenvalue weighted by atomic mass is 9.71. The smallest absolute Gasteiger partial charge is 0.231 e. The Morgan fingerprint density at radius 3 is 2.52 bits per heavy atom. The quantitative estimate of drug-likeness (QED) is 0.775. The average Bonchev–Trinajstić information content (AvgIpc) is 3.15. The van der Waals surface area contributed by atoms with Crippen molar-refractivity contribution in [2.75, 3.05) is 25.0 Å². The van der Waals surface area contributed by atoms with Crippen molar-refractivity contribution in [2.24, 2.45) is 12.5 Å². The van der Waals surface area contributed by atoms with Gasteiger partial charge in [0.05, 0.1) is 23.3 Å². The van der Waals surface area contributed by atoms with Crippen LogP contribution in [0, 0.1) is 5.41 Å². The number of anilines is 1. The van der Waals surface area contributed by atoms with E-state index in [1.54, 1.807) is 10.9 Å². The highest BCUT2D eigenvalue weighted by atomic mass is 16.2.